The molecule has 0 spiro atoms. The Kier molecular flexibility index (Phi) is 7.11. The maximum absolute atomic E-state index is 13.5. The van der Waals surface area contributed by atoms with E-state index in [9.17, 15) is 4.79 Å². The van der Waals surface area contributed by atoms with Crippen molar-refractivity contribution in [2.24, 2.45) is 5.92 Å². The van der Waals surface area contributed by atoms with Crippen molar-refractivity contribution in [1.29, 1.82) is 0 Å². The van der Waals surface area contributed by atoms with Crippen LogP contribution in [0.1, 0.15) is 74.3 Å². The van der Waals surface area contributed by atoms with E-state index < -0.39 is 0 Å². The van der Waals surface area contributed by atoms with Crippen molar-refractivity contribution < 1.29 is 9.53 Å². The standard InChI is InChI=1S/C23H31ClN2O2/c1-9-28-23-21(17(8)25-26(23)12-13(2)3)22(27)18-10-11-19(24)20(16(18)7)15(6)14(4)5/h10-11,13H,9,12H2,1-8H3. The Morgan fingerprint density at radius 3 is 2.36 bits per heavy atom. The van der Waals surface area contributed by atoms with Crippen LogP contribution in [0.3, 0.4) is 0 Å². The van der Waals surface area contributed by atoms with Crippen molar-refractivity contribution >= 4 is 23.0 Å². The number of rotatable bonds is 7. The molecule has 152 valence electrons. The van der Waals surface area contributed by atoms with E-state index in [-0.39, 0.29) is 5.78 Å². The van der Waals surface area contributed by atoms with Crippen LogP contribution in [0, 0.1) is 19.8 Å². The molecule has 1 aromatic heterocycles. The number of carbonyl (C=O) groups excluding carboxylic acids is 1. The zero-order chi connectivity index (χ0) is 21.2. The highest BCUT2D eigenvalue weighted by atomic mass is 35.5. The molecule has 4 nitrogen and oxygen atoms in total. The van der Waals surface area contributed by atoms with E-state index in [1.54, 1.807) is 12.1 Å². The van der Waals surface area contributed by atoms with Gasteiger partial charge in [0.05, 0.1) is 12.3 Å². The van der Waals surface area contributed by atoms with Gasteiger partial charge in [0.25, 0.3) is 0 Å². The summed E-state index contributed by atoms with van der Waals surface area (Å²) in [6, 6.07) is 3.61. The first-order chi connectivity index (χ1) is 13.1. The first-order valence-electron chi connectivity index (χ1n) is 9.78. The third-order valence-electron chi connectivity index (χ3n) is 4.91. The van der Waals surface area contributed by atoms with Gasteiger partial charge in [0.15, 0.2) is 0 Å². The predicted octanol–water partition coefficient (Wildman–Crippen LogP) is 6.25. The Hall–Kier alpha value is -2.07. The molecule has 0 atom stereocenters. The first-order valence-corrected chi connectivity index (χ1v) is 10.2. The number of carbonyl (C=O) groups is 1. The molecule has 0 fully saturated rings. The van der Waals surface area contributed by atoms with E-state index in [1.165, 1.54) is 5.57 Å². The number of ether oxygens (including phenoxy) is 1. The molecule has 1 aromatic carbocycles. The molecule has 0 bridgehead atoms. The lowest BCUT2D eigenvalue weighted by Crippen LogP contribution is -2.12. The molecule has 0 saturated carbocycles. The van der Waals surface area contributed by atoms with Gasteiger partial charge in [0.2, 0.25) is 11.7 Å². The van der Waals surface area contributed by atoms with Gasteiger partial charge >= 0.3 is 0 Å². The van der Waals surface area contributed by atoms with Gasteiger partial charge in [0.1, 0.15) is 5.56 Å². The summed E-state index contributed by atoms with van der Waals surface area (Å²) in [7, 11) is 0. The molecule has 0 N–H and O–H groups in total. The van der Waals surface area contributed by atoms with Crippen LogP contribution in [0.15, 0.2) is 17.7 Å². The van der Waals surface area contributed by atoms with Crippen molar-refractivity contribution in [3.63, 3.8) is 0 Å². The van der Waals surface area contributed by atoms with E-state index in [1.807, 2.05) is 46.2 Å². The van der Waals surface area contributed by atoms with Gasteiger partial charge < -0.3 is 4.74 Å². The number of hydrogen-bond acceptors (Lipinski definition) is 3. The summed E-state index contributed by atoms with van der Waals surface area (Å²) in [6.45, 7) is 17.3. The number of allylic oxidation sites excluding steroid dienone is 2. The SMILES string of the molecule is CCOc1c(C(=O)c2ccc(Cl)c(C(C)=C(C)C)c2C)c(C)nn1CC(C)C. The fourth-order valence-corrected chi connectivity index (χ4v) is 3.69. The average Bonchev–Trinajstić information content (AvgIpc) is 2.89. The molecule has 0 unspecified atom stereocenters. The summed E-state index contributed by atoms with van der Waals surface area (Å²) in [5, 5.41) is 5.24. The Balaban J connectivity index is 2.66. The zero-order valence-electron chi connectivity index (χ0n) is 18.2. The fraction of sp³-hybridized carbons (Fsp3) is 0.478. The van der Waals surface area contributed by atoms with Crippen LogP contribution in [-0.2, 0) is 6.54 Å². The molecule has 0 aliphatic rings. The second-order valence-corrected chi connectivity index (χ2v) is 8.23. The van der Waals surface area contributed by atoms with Crippen LogP contribution >= 0.6 is 11.6 Å². The average molecular weight is 403 g/mol. The van der Waals surface area contributed by atoms with E-state index in [0.29, 0.717) is 46.8 Å². The molecule has 5 heteroatoms. The van der Waals surface area contributed by atoms with Gasteiger partial charge in [-0.05, 0) is 76.3 Å². The van der Waals surface area contributed by atoms with Crippen molar-refractivity contribution in [3.8, 4) is 5.88 Å². The molecular weight excluding hydrogens is 372 g/mol. The summed E-state index contributed by atoms with van der Waals surface area (Å²) in [5.41, 5.74) is 5.93. The number of nitrogens with zero attached hydrogens (tertiary/aromatic N) is 2. The van der Waals surface area contributed by atoms with Gasteiger partial charge in [-0.2, -0.15) is 5.10 Å². The van der Waals surface area contributed by atoms with Crippen molar-refractivity contribution in [1.82, 2.24) is 9.78 Å². The van der Waals surface area contributed by atoms with Crippen LogP contribution < -0.4 is 4.74 Å². The number of aromatic nitrogens is 2. The van der Waals surface area contributed by atoms with E-state index >= 15 is 0 Å². The van der Waals surface area contributed by atoms with Gasteiger partial charge in [-0.3, -0.25) is 4.79 Å². The lowest BCUT2D eigenvalue weighted by Gasteiger charge is -2.15. The molecule has 2 rings (SSSR count). The van der Waals surface area contributed by atoms with Crippen LogP contribution in [0.2, 0.25) is 5.02 Å². The first kappa shape index (κ1) is 22.2. The minimum absolute atomic E-state index is 0.0760. The van der Waals surface area contributed by atoms with E-state index in [4.69, 9.17) is 16.3 Å². The molecule has 0 amide bonds. The predicted molar refractivity (Wildman–Crippen MR) is 117 cm³/mol. The normalized spacial score (nSPS) is 11.1. The summed E-state index contributed by atoms with van der Waals surface area (Å²) < 4.78 is 7.67. The summed E-state index contributed by atoms with van der Waals surface area (Å²) in [6.07, 6.45) is 0. The second-order valence-electron chi connectivity index (χ2n) is 7.82. The molecule has 0 saturated heterocycles. The van der Waals surface area contributed by atoms with Gasteiger partial charge in [-0.15, -0.1) is 0 Å². The number of ketones is 1. The van der Waals surface area contributed by atoms with Crippen molar-refractivity contribution in [3.05, 3.63) is 50.7 Å². The van der Waals surface area contributed by atoms with Crippen molar-refractivity contribution in [2.45, 2.75) is 61.9 Å². The van der Waals surface area contributed by atoms with Crippen LogP contribution in [0.5, 0.6) is 5.88 Å². The smallest absolute Gasteiger partial charge is 0.223 e. The molecule has 0 aliphatic carbocycles. The van der Waals surface area contributed by atoms with Gasteiger partial charge in [-0.1, -0.05) is 31.0 Å². The van der Waals surface area contributed by atoms with Crippen LogP contribution in [0.25, 0.3) is 5.57 Å². The van der Waals surface area contributed by atoms with E-state index in [2.05, 4.69) is 18.9 Å². The molecule has 28 heavy (non-hydrogen) atoms. The lowest BCUT2D eigenvalue weighted by molar-refractivity contribution is 0.103. The van der Waals surface area contributed by atoms with E-state index in [0.717, 1.165) is 16.7 Å². The summed E-state index contributed by atoms with van der Waals surface area (Å²) >= 11 is 6.48. The van der Waals surface area contributed by atoms with Gasteiger partial charge in [0, 0.05) is 17.1 Å². The number of halogens is 1. The number of aryl methyl sites for hydroxylation is 1. The number of benzene rings is 1. The third kappa shape index (κ3) is 4.33. The van der Waals surface area contributed by atoms with Crippen LogP contribution in [0.4, 0.5) is 0 Å². The summed E-state index contributed by atoms with van der Waals surface area (Å²) in [5.74, 6) is 0.868. The largest absolute Gasteiger partial charge is 0.478 e. The molecule has 1 heterocycles. The Labute approximate surface area is 173 Å². The lowest BCUT2D eigenvalue weighted by atomic mass is 9.91. The summed E-state index contributed by atoms with van der Waals surface area (Å²) in [4.78, 5) is 13.5. The van der Waals surface area contributed by atoms with Crippen LogP contribution in [-0.4, -0.2) is 22.2 Å². The minimum atomic E-state index is -0.0760. The quantitative estimate of drug-likeness (QED) is 0.514. The highest BCUT2D eigenvalue weighted by Gasteiger charge is 2.26. The maximum atomic E-state index is 13.5. The maximum Gasteiger partial charge on any atom is 0.223 e. The van der Waals surface area contributed by atoms with Gasteiger partial charge in [-0.25, -0.2) is 4.68 Å². The third-order valence-corrected chi connectivity index (χ3v) is 5.23. The Morgan fingerprint density at radius 1 is 1.18 bits per heavy atom. The topological polar surface area (TPSA) is 44.1 Å². The Bertz CT molecular complexity index is 919. The molecule has 0 aliphatic heterocycles. The molecule has 2 aromatic rings. The second kappa shape index (κ2) is 8.95. The fourth-order valence-electron chi connectivity index (χ4n) is 3.34. The molecular formula is C23H31ClN2O2. The monoisotopic (exact) mass is 402 g/mol. The number of hydrogen-bond donors (Lipinski definition) is 0. The molecule has 0 radical (unpaired) electrons. The highest BCUT2D eigenvalue weighted by Crippen LogP contribution is 2.34. The zero-order valence-corrected chi connectivity index (χ0v) is 19.0. The highest BCUT2D eigenvalue weighted by molar-refractivity contribution is 6.32. The minimum Gasteiger partial charge on any atom is -0.478 e. The Morgan fingerprint density at radius 2 is 1.82 bits per heavy atom. The van der Waals surface area contributed by atoms with Crippen molar-refractivity contribution in [2.75, 3.05) is 6.61 Å².